The third-order valence-electron chi connectivity index (χ3n) is 4.13. The lowest BCUT2D eigenvalue weighted by Gasteiger charge is -2.46. The normalized spacial score (nSPS) is 18.3. The Morgan fingerprint density at radius 3 is 1.92 bits per heavy atom. The lowest BCUT2D eigenvalue weighted by Crippen LogP contribution is -2.61. The highest BCUT2D eigenvalue weighted by molar-refractivity contribution is 6.27. The Balaban J connectivity index is 0.000000487. The van der Waals surface area contributed by atoms with E-state index in [-0.39, 0.29) is 11.1 Å². The van der Waals surface area contributed by atoms with E-state index in [0.29, 0.717) is 6.04 Å². The number of hydrogen-bond acceptors (Lipinski definition) is 5. The van der Waals surface area contributed by atoms with Crippen molar-refractivity contribution in [2.75, 3.05) is 7.11 Å². The van der Waals surface area contributed by atoms with Gasteiger partial charge >= 0.3 is 11.9 Å². The van der Waals surface area contributed by atoms with Gasteiger partial charge in [0.1, 0.15) is 5.75 Å². The molecule has 146 valence electrons. The molecule has 7 nitrogen and oxygen atoms in total. The van der Waals surface area contributed by atoms with Gasteiger partial charge in [0, 0.05) is 23.7 Å². The minimum absolute atomic E-state index is 0.194. The van der Waals surface area contributed by atoms with Crippen molar-refractivity contribution in [3.63, 3.8) is 0 Å². The van der Waals surface area contributed by atoms with Crippen molar-refractivity contribution < 1.29 is 24.5 Å². The van der Waals surface area contributed by atoms with E-state index in [1.54, 1.807) is 7.11 Å². The Bertz CT molecular complexity index is 583. The standard InChI is InChI=1S/C17H28N2O.C2H2O4/c1-16(2)10-14(11-17(3,4)19-16)18-12-13-6-8-15(20-5)9-7-13;3-1(4)2(5)6/h6-9,14,18-19H,10-12H2,1-5H3;(H,3,4)(H,5,6). The van der Waals surface area contributed by atoms with Crippen molar-refractivity contribution in [2.45, 2.75) is 64.2 Å². The van der Waals surface area contributed by atoms with Gasteiger partial charge < -0.3 is 25.6 Å². The third kappa shape index (κ3) is 7.84. The molecule has 0 saturated carbocycles. The molecule has 26 heavy (non-hydrogen) atoms. The van der Waals surface area contributed by atoms with Crippen LogP contribution < -0.4 is 15.4 Å². The lowest BCUT2D eigenvalue weighted by molar-refractivity contribution is -0.159. The molecule has 0 bridgehead atoms. The number of methoxy groups -OCH3 is 1. The second-order valence-electron chi connectivity index (χ2n) is 7.84. The summed E-state index contributed by atoms with van der Waals surface area (Å²) in [5.41, 5.74) is 1.69. The molecule has 1 aromatic rings. The summed E-state index contributed by atoms with van der Waals surface area (Å²) in [6, 6.07) is 8.86. The number of benzene rings is 1. The van der Waals surface area contributed by atoms with E-state index >= 15 is 0 Å². The first-order valence-corrected chi connectivity index (χ1v) is 8.56. The van der Waals surface area contributed by atoms with Crippen LogP contribution in [0.1, 0.15) is 46.1 Å². The highest BCUT2D eigenvalue weighted by atomic mass is 16.5. The maximum absolute atomic E-state index is 9.10. The van der Waals surface area contributed by atoms with Crippen molar-refractivity contribution in [1.82, 2.24) is 10.6 Å². The number of piperidine rings is 1. The van der Waals surface area contributed by atoms with Crippen LogP contribution in [0.25, 0.3) is 0 Å². The Hall–Kier alpha value is -2.12. The van der Waals surface area contributed by atoms with E-state index in [1.165, 1.54) is 5.56 Å². The number of carboxylic acid groups (broad SMARTS) is 2. The predicted molar refractivity (Wildman–Crippen MR) is 99.4 cm³/mol. The van der Waals surface area contributed by atoms with Crippen LogP contribution in [0.15, 0.2) is 24.3 Å². The van der Waals surface area contributed by atoms with Gasteiger partial charge in [-0.1, -0.05) is 12.1 Å². The first kappa shape index (κ1) is 21.9. The van der Waals surface area contributed by atoms with Gasteiger partial charge in [0.25, 0.3) is 0 Å². The van der Waals surface area contributed by atoms with Gasteiger partial charge in [0.15, 0.2) is 0 Å². The van der Waals surface area contributed by atoms with E-state index in [0.717, 1.165) is 25.1 Å². The number of ether oxygens (including phenoxy) is 1. The maximum Gasteiger partial charge on any atom is 0.414 e. The number of carboxylic acids is 2. The third-order valence-corrected chi connectivity index (χ3v) is 4.13. The minimum Gasteiger partial charge on any atom is -0.497 e. The molecular weight excluding hydrogens is 336 g/mol. The van der Waals surface area contributed by atoms with Crippen LogP contribution in [-0.4, -0.2) is 46.4 Å². The highest BCUT2D eigenvalue weighted by Gasteiger charge is 2.37. The van der Waals surface area contributed by atoms with E-state index in [2.05, 4.69) is 50.5 Å². The van der Waals surface area contributed by atoms with Crippen LogP contribution in [0.2, 0.25) is 0 Å². The fourth-order valence-corrected chi connectivity index (χ4v) is 3.47. The smallest absolute Gasteiger partial charge is 0.414 e. The van der Waals surface area contributed by atoms with Crippen LogP contribution in [-0.2, 0) is 16.1 Å². The molecule has 7 heteroatoms. The van der Waals surface area contributed by atoms with Crippen molar-refractivity contribution in [1.29, 1.82) is 0 Å². The summed E-state index contributed by atoms with van der Waals surface area (Å²) in [5.74, 6) is -2.73. The van der Waals surface area contributed by atoms with E-state index in [1.807, 2.05) is 12.1 Å². The van der Waals surface area contributed by atoms with Gasteiger partial charge in [-0.05, 0) is 58.2 Å². The quantitative estimate of drug-likeness (QED) is 0.605. The van der Waals surface area contributed by atoms with E-state index in [4.69, 9.17) is 24.5 Å². The summed E-state index contributed by atoms with van der Waals surface area (Å²) in [5, 5.41) is 22.2. The monoisotopic (exact) mass is 366 g/mol. The van der Waals surface area contributed by atoms with Crippen LogP contribution in [0.3, 0.4) is 0 Å². The van der Waals surface area contributed by atoms with Crippen LogP contribution >= 0.6 is 0 Å². The zero-order valence-electron chi connectivity index (χ0n) is 16.1. The maximum atomic E-state index is 9.10. The molecule has 0 atom stereocenters. The Labute approximate surface area is 154 Å². The largest absolute Gasteiger partial charge is 0.497 e. The molecule has 1 aromatic carbocycles. The molecule has 0 radical (unpaired) electrons. The van der Waals surface area contributed by atoms with Gasteiger partial charge in [0.05, 0.1) is 7.11 Å². The summed E-state index contributed by atoms with van der Waals surface area (Å²) < 4.78 is 5.19. The fourth-order valence-electron chi connectivity index (χ4n) is 3.47. The van der Waals surface area contributed by atoms with Gasteiger partial charge in [-0.25, -0.2) is 9.59 Å². The number of rotatable bonds is 4. The Morgan fingerprint density at radius 1 is 1.08 bits per heavy atom. The van der Waals surface area contributed by atoms with Crippen molar-refractivity contribution in [2.24, 2.45) is 0 Å². The minimum atomic E-state index is -1.82. The first-order chi connectivity index (χ1) is 11.9. The molecule has 0 unspecified atom stereocenters. The number of carbonyl (C=O) groups is 2. The van der Waals surface area contributed by atoms with Gasteiger partial charge in [-0.3, -0.25) is 0 Å². The summed E-state index contributed by atoms with van der Waals surface area (Å²) in [6.07, 6.45) is 2.32. The molecule has 1 aliphatic rings. The van der Waals surface area contributed by atoms with Gasteiger partial charge in [-0.2, -0.15) is 0 Å². The number of aliphatic carboxylic acids is 2. The van der Waals surface area contributed by atoms with Crippen molar-refractivity contribution in [3.8, 4) is 5.75 Å². The molecule has 1 saturated heterocycles. The molecular formula is C19H30N2O5. The molecule has 4 N–H and O–H groups in total. The van der Waals surface area contributed by atoms with Gasteiger partial charge in [0.2, 0.25) is 0 Å². The molecule has 0 aliphatic carbocycles. The van der Waals surface area contributed by atoms with Crippen molar-refractivity contribution >= 4 is 11.9 Å². The highest BCUT2D eigenvalue weighted by Crippen LogP contribution is 2.28. The second kappa shape index (κ2) is 9.00. The molecule has 1 heterocycles. The Morgan fingerprint density at radius 2 is 1.54 bits per heavy atom. The SMILES string of the molecule is COc1ccc(CNC2CC(C)(C)NC(C)(C)C2)cc1.O=C(O)C(=O)O. The van der Waals surface area contributed by atoms with Crippen LogP contribution in [0, 0.1) is 0 Å². The Kier molecular flexibility index (Phi) is 7.59. The predicted octanol–water partition coefficient (Wildman–Crippen LogP) is 2.25. The summed E-state index contributed by atoms with van der Waals surface area (Å²) in [6.45, 7) is 10.1. The topological polar surface area (TPSA) is 108 Å². The molecule has 1 aliphatic heterocycles. The van der Waals surface area contributed by atoms with Crippen molar-refractivity contribution in [3.05, 3.63) is 29.8 Å². The fraction of sp³-hybridized carbons (Fsp3) is 0.579. The first-order valence-electron chi connectivity index (χ1n) is 8.56. The zero-order valence-corrected chi connectivity index (χ0v) is 16.1. The summed E-state index contributed by atoms with van der Waals surface area (Å²) >= 11 is 0. The molecule has 1 fully saturated rings. The lowest BCUT2D eigenvalue weighted by atomic mass is 9.79. The van der Waals surface area contributed by atoms with Crippen LogP contribution in [0.5, 0.6) is 5.75 Å². The number of nitrogens with one attached hydrogen (secondary N) is 2. The van der Waals surface area contributed by atoms with E-state index in [9.17, 15) is 0 Å². The molecule has 2 rings (SSSR count). The molecule has 0 spiro atoms. The van der Waals surface area contributed by atoms with Crippen LogP contribution in [0.4, 0.5) is 0 Å². The van der Waals surface area contributed by atoms with E-state index < -0.39 is 11.9 Å². The zero-order chi connectivity index (χ0) is 20.0. The average molecular weight is 366 g/mol. The molecule has 0 amide bonds. The summed E-state index contributed by atoms with van der Waals surface area (Å²) in [7, 11) is 1.70. The molecule has 0 aromatic heterocycles. The number of hydrogen-bond donors (Lipinski definition) is 4. The summed E-state index contributed by atoms with van der Waals surface area (Å²) in [4.78, 5) is 18.2. The van der Waals surface area contributed by atoms with Gasteiger partial charge in [-0.15, -0.1) is 0 Å². The second-order valence-corrected chi connectivity index (χ2v) is 7.84. The average Bonchev–Trinajstić information content (AvgIpc) is 2.51.